The molecule has 1 aliphatic rings. The number of nitrogens with one attached hydrogen (secondary N) is 1. The van der Waals surface area contributed by atoms with Crippen molar-refractivity contribution in [1.29, 1.82) is 0 Å². The van der Waals surface area contributed by atoms with Gasteiger partial charge in [0.15, 0.2) is 0 Å². The number of carbonyl (C=O) groups excluding carboxylic acids is 1. The minimum absolute atomic E-state index is 0.0861. The lowest BCUT2D eigenvalue weighted by Gasteiger charge is -2.24. The number of rotatable bonds is 4. The van der Waals surface area contributed by atoms with Gasteiger partial charge < -0.3 is 15.0 Å². The van der Waals surface area contributed by atoms with Gasteiger partial charge in [0.1, 0.15) is 11.3 Å². The molecule has 1 aliphatic heterocycles. The molecular formula is C21H24BrN5O2. The third-order valence-electron chi connectivity index (χ3n) is 5.56. The molecule has 152 valence electrons. The van der Waals surface area contributed by atoms with Gasteiger partial charge in [-0.05, 0) is 61.6 Å². The Labute approximate surface area is 177 Å². The fourth-order valence-electron chi connectivity index (χ4n) is 3.85. The van der Waals surface area contributed by atoms with Crippen LogP contribution in [0.4, 0.5) is 0 Å². The van der Waals surface area contributed by atoms with Crippen LogP contribution < -0.4 is 0 Å². The van der Waals surface area contributed by atoms with Crippen LogP contribution in [0.5, 0.6) is 0 Å². The zero-order chi connectivity index (χ0) is 20.4. The van der Waals surface area contributed by atoms with Gasteiger partial charge >= 0.3 is 0 Å². The number of benzene rings is 1. The fourth-order valence-corrected chi connectivity index (χ4v) is 4.33. The molecule has 3 aromatic rings. The van der Waals surface area contributed by atoms with Gasteiger partial charge in [-0.1, -0.05) is 21.1 Å². The van der Waals surface area contributed by atoms with Gasteiger partial charge in [-0.25, -0.2) is 4.68 Å². The van der Waals surface area contributed by atoms with Crippen LogP contribution in [-0.2, 0) is 16.8 Å². The number of amides is 1. The molecule has 1 saturated heterocycles. The lowest BCUT2D eigenvalue weighted by Crippen LogP contribution is -2.34. The summed E-state index contributed by atoms with van der Waals surface area (Å²) in [6, 6.07) is 7.86. The Kier molecular flexibility index (Phi) is 5.56. The van der Waals surface area contributed by atoms with E-state index >= 15 is 0 Å². The van der Waals surface area contributed by atoms with E-state index in [9.17, 15) is 9.90 Å². The van der Waals surface area contributed by atoms with Gasteiger partial charge in [0.2, 0.25) is 5.91 Å². The van der Waals surface area contributed by atoms with Crippen molar-refractivity contribution in [2.24, 2.45) is 0 Å². The van der Waals surface area contributed by atoms with Gasteiger partial charge in [0.25, 0.3) is 0 Å². The highest BCUT2D eigenvalue weighted by Crippen LogP contribution is 2.32. The Morgan fingerprint density at radius 1 is 1.31 bits per heavy atom. The summed E-state index contributed by atoms with van der Waals surface area (Å²) < 4.78 is 2.71. The van der Waals surface area contributed by atoms with E-state index in [-0.39, 0.29) is 5.91 Å². The number of aryl methyl sites for hydroxylation is 1. The molecule has 8 heteroatoms. The number of hydrogen-bond acceptors (Lipinski definition) is 4. The first-order chi connectivity index (χ1) is 13.9. The summed E-state index contributed by atoms with van der Waals surface area (Å²) in [6.07, 6.45) is 7.56. The number of halogens is 1. The Balaban J connectivity index is 1.47. The Hall–Kier alpha value is -2.45. The average Bonchev–Trinajstić information content (AvgIpc) is 3.33. The SMILES string of the molecule is Cc1cc(Br)ccc1-n1cc(C2(O)CCCN(C(=O)Cc3cc[nH]c3)CC2)nn1. The van der Waals surface area contributed by atoms with Gasteiger partial charge in [-0.3, -0.25) is 4.79 Å². The Morgan fingerprint density at radius 2 is 2.17 bits per heavy atom. The average molecular weight is 458 g/mol. The number of hydrogen-bond donors (Lipinski definition) is 2. The zero-order valence-corrected chi connectivity index (χ0v) is 17.9. The van der Waals surface area contributed by atoms with Crippen molar-refractivity contribution in [3.05, 3.63) is 64.1 Å². The summed E-state index contributed by atoms with van der Waals surface area (Å²) in [5, 5.41) is 19.8. The second kappa shape index (κ2) is 8.12. The first-order valence-corrected chi connectivity index (χ1v) is 10.6. The maximum absolute atomic E-state index is 12.6. The van der Waals surface area contributed by atoms with Crippen LogP contribution in [0, 0.1) is 6.92 Å². The van der Waals surface area contributed by atoms with Crippen LogP contribution in [-0.4, -0.2) is 49.0 Å². The molecule has 1 fully saturated rings. The molecule has 4 rings (SSSR count). The van der Waals surface area contributed by atoms with Crippen LogP contribution in [0.2, 0.25) is 0 Å². The number of nitrogens with zero attached hydrogens (tertiary/aromatic N) is 4. The molecule has 7 nitrogen and oxygen atoms in total. The highest BCUT2D eigenvalue weighted by atomic mass is 79.9. The van der Waals surface area contributed by atoms with Crippen molar-refractivity contribution in [2.45, 2.75) is 38.2 Å². The van der Waals surface area contributed by atoms with Crippen molar-refractivity contribution in [1.82, 2.24) is 24.9 Å². The summed E-state index contributed by atoms with van der Waals surface area (Å²) in [6.45, 7) is 3.16. The van der Waals surface area contributed by atoms with Crippen molar-refractivity contribution >= 4 is 21.8 Å². The van der Waals surface area contributed by atoms with E-state index in [0.29, 0.717) is 38.0 Å². The molecule has 0 spiro atoms. The zero-order valence-electron chi connectivity index (χ0n) is 16.3. The van der Waals surface area contributed by atoms with Crippen LogP contribution in [0.25, 0.3) is 5.69 Å². The summed E-state index contributed by atoms with van der Waals surface area (Å²) >= 11 is 3.47. The Morgan fingerprint density at radius 3 is 2.93 bits per heavy atom. The number of likely N-dealkylation sites (tertiary alicyclic amines) is 1. The molecule has 2 N–H and O–H groups in total. The third-order valence-corrected chi connectivity index (χ3v) is 6.05. The molecular weight excluding hydrogens is 434 g/mol. The van der Waals surface area contributed by atoms with Crippen LogP contribution in [0.1, 0.15) is 36.1 Å². The topological polar surface area (TPSA) is 87.0 Å². The fraction of sp³-hybridized carbons (Fsp3) is 0.381. The molecule has 0 radical (unpaired) electrons. The molecule has 2 aromatic heterocycles. The van der Waals surface area contributed by atoms with E-state index in [0.717, 1.165) is 27.7 Å². The largest absolute Gasteiger partial charge is 0.383 e. The molecule has 1 aromatic carbocycles. The molecule has 1 unspecified atom stereocenters. The number of H-pyrrole nitrogens is 1. The highest BCUT2D eigenvalue weighted by Gasteiger charge is 2.35. The Bertz CT molecular complexity index is 1000. The number of carbonyl (C=O) groups is 1. The summed E-state index contributed by atoms with van der Waals surface area (Å²) in [5.41, 5.74) is 2.43. The minimum atomic E-state index is -1.08. The predicted octanol–water partition coefficient (Wildman–Crippen LogP) is 3.11. The first kappa shape index (κ1) is 19.8. The summed E-state index contributed by atoms with van der Waals surface area (Å²) in [7, 11) is 0. The monoisotopic (exact) mass is 457 g/mol. The first-order valence-electron chi connectivity index (χ1n) is 9.76. The molecule has 3 heterocycles. The van der Waals surface area contributed by atoms with E-state index in [1.165, 1.54) is 0 Å². The predicted molar refractivity (Wildman–Crippen MR) is 113 cm³/mol. The summed E-state index contributed by atoms with van der Waals surface area (Å²) in [4.78, 5) is 17.4. The molecule has 29 heavy (non-hydrogen) atoms. The standard InChI is InChI=1S/C21H24BrN5O2/c1-15-11-17(22)3-4-18(15)27-14-19(24-25-27)21(29)6-2-9-26(10-7-21)20(28)12-16-5-8-23-13-16/h3-5,8,11,13-14,23,29H,2,6-7,9-10,12H2,1H3. The van der Waals surface area contributed by atoms with Gasteiger partial charge in [0.05, 0.1) is 18.3 Å². The second-order valence-corrected chi connectivity index (χ2v) is 8.56. The normalized spacial score (nSPS) is 19.9. The van der Waals surface area contributed by atoms with E-state index in [1.54, 1.807) is 10.9 Å². The number of aliphatic hydroxyl groups is 1. The van der Waals surface area contributed by atoms with Crippen molar-refractivity contribution in [2.75, 3.05) is 13.1 Å². The van der Waals surface area contributed by atoms with E-state index < -0.39 is 5.60 Å². The van der Waals surface area contributed by atoms with Crippen LogP contribution in [0.3, 0.4) is 0 Å². The number of aromatic nitrogens is 4. The van der Waals surface area contributed by atoms with Crippen molar-refractivity contribution < 1.29 is 9.90 Å². The van der Waals surface area contributed by atoms with Crippen molar-refractivity contribution in [3.8, 4) is 5.69 Å². The van der Waals surface area contributed by atoms with E-state index in [1.807, 2.05) is 48.5 Å². The highest BCUT2D eigenvalue weighted by molar-refractivity contribution is 9.10. The quantitative estimate of drug-likeness (QED) is 0.629. The third kappa shape index (κ3) is 4.28. The molecule has 0 aliphatic carbocycles. The van der Waals surface area contributed by atoms with E-state index in [2.05, 4.69) is 31.2 Å². The van der Waals surface area contributed by atoms with Gasteiger partial charge in [-0.15, -0.1) is 5.10 Å². The van der Waals surface area contributed by atoms with Crippen molar-refractivity contribution in [3.63, 3.8) is 0 Å². The summed E-state index contributed by atoms with van der Waals surface area (Å²) in [5.74, 6) is 0.0861. The molecule has 1 atom stereocenters. The molecule has 1 amide bonds. The molecule has 0 bridgehead atoms. The number of aromatic amines is 1. The van der Waals surface area contributed by atoms with Crippen LogP contribution in [0.15, 0.2) is 47.3 Å². The lowest BCUT2D eigenvalue weighted by atomic mass is 9.92. The van der Waals surface area contributed by atoms with E-state index in [4.69, 9.17) is 0 Å². The maximum atomic E-state index is 12.6. The lowest BCUT2D eigenvalue weighted by molar-refractivity contribution is -0.130. The minimum Gasteiger partial charge on any atom is -0.383 e. The van der Waals surface area contributed by atoms with Gasteiger partial charge in [0, 0.05) is 30.0 Å². The smallest absolute Gasteiger partial charge is 0.227 e. The van der Waals surface area contributed by atoms with Crippen LogP contribution >= 0.6 is 15.9 Å². The maximum Gasteiger partial charge on any atom is 0.227 e. The second-order valence-electron chi connectivity index (χ2n) is 7.64. The van der Waals surface area contributed by atoms with Gasteiger partial charge in [-0.2, -0.15) is 0 Å². The molecule has 0 saturated carbocycles.